The zero-order chi connectivity index (χ0) is 14.9. The highest BCUT2D eigenvalue weighted by atomic mass is 19.4. The molecule has 1 aromatic carbocycles. The molecule has 0 amide bonds. The zero-order valence-electron chi connectivity index (χ0n) is 12.3. The van der Waals surface area contributed by atoms with Crippen molar-refractivity contribution >= 4 is 5.69 Å². The van der Waals surface area contributed by atoms with E-state index in [4.69, 9.17) is 0 Å². The smallest absolute Gasteiger partial charge is 0.372 e. The van der Waals surface area contributed by atoms with Gasteiger partial charge < -0.3 is 4.90 Å². The largest absolute Gasteiger partial charge is 0.416 e. The van der Waals surface area contributed by atoms with Gasteiger partial charge in [-0.25, -0.2) is 0 Å². The molecule has 0 saturated carbocycles. The molecule has 1 aromatic rings. The van der Waals surface area contributed by atoms with Crippen molar-refractivity contribution in [3.8, 4) is 0 Å². The average molecular weight is 285 g/mol. The maximum Gasteiger partial charge on any atom is 0.416 e. The second kappa shape index (κ2) is 5.66. The van der Waals surface area contributed by atoms with Crippen LogP contribution < -0.4 is 4.90 Å². The molecule has 1 fully saturated rings. The van der Waals surface area contributed by atoms with Crippen LogP contribution in [0.4, 0.5) is 18.9 Å². The lowest BCUT2D eigenvalue weighted by Crippen LogP contribution is -2.33. The second-order valence-corrected chi connectivity index (χ2v) is 6.09. The van der Waals surface area contributed by atoms with E-state index in [1.807, 2.05) is 6.07 Å². The van der Waals surface area contributed by atoms with Gasteiger partial charge in [0.25, 0.3) is 0 Å². The Hall–Kier alpha value is -1.19. The number of benzene rings is 1. The van der Waals surface area contributed by atoms with Crippen molar-refractivity contribution in [2.45, 2.75) is 45.7 Å². The highest BCUT2D eigenvalue weighted by Gasteiger charge is 2.34. The second-order valence-electron chi connectivity index (χ2n) is 6.09. The van der Waals surface area contributed by atoms with E-state index in [1.54, 1.807) is 19.9 Å². The summed E-state index contributed by atoms with van der Waals surface area (Å²) in [6.45, 7) is 7.49. The maximum atomic E-state index is 13.2. The number of halogens is 3. The minimum absolute atomic E-state index is 0.123. The van der Waals surface area contributed by atoms with Gasteiger partial charge in [-0.1, -0.05) is 26.8 Å². The van der Waals surface area contributed by atoms with E-state index in [9.17, 15) is 13.2 Å². The van der Waals surface area contributed by atoms with Gasteiger partial charge in [-0.3, -0.25) is 0 Å². The molecule has 112 valence electrons. The van der Waals surface area contributed by atoms with Gasteiger partial charge in [-0.2, -0.15) is 13.2 Å². The minimum atomic E-state index is -4.28. The topological polar surface area (TPSA) is 3.24 Å². The van der Waals surface area contributed by atoms with E-state index in [2.05, 4.69) is 11.8 Å². The van der Waals surface area contributed by atoms with Gasteiger partial charge in [0.1, 0.15) is 0 Å². The van der Waals surface area contributed by atoms with Crippen molar-refractivity contribution < 1.29 is 13.2 Å². The number of alkyl halides is 3. The van der Waals surface area contributed by atoms with E-state index in [-0.39, 0.29) is 5.92 Å². The van der Waals surface area contributed by atoms with Gasteiger partial charge in [0.2, 0.25) is 0 Å². The fraction of sp³-hybridized carbons (Fsp3) is 0.625. The monoisotopic (exact) mass is 285 g/mol. The van der Waals surface area contributed by atoms with Crippen LogP contribution in [0.1, 0.15) is 50.7 Å². The van der Waals surface area contributed by atoms with E-state index < -0.39 is 11.7 Å². The highest BCUT2D eigenvalue weighted by molar-refractivity contribution is 5.52. The van der Waals surface area contributed by atoms with E-state index >= 15 is 0 Å². The van der Waals surface area contributed by atoms with Crippen LogP contribution in [0.3, 0.4) is 0 Å². The fourth-order valence-corrected chi connectivity index (χ4v) is 2.76. The third-order valence-corrected chi connectivity index (χ3v) is 4.11. The first-order chi connectivity index (χ1) is 9.29. The first-order valence-corrected chi connectivity index (χ1v) is 7.25. The number of hydrogen-bond acceptors (Lipinski definition) is 1. The van der Waals surface area contributed by atoms with Crippen LogP contribution in [-0.4, -0.2) is 13.1 Å². The predicted molar refractivity (Wildman–Crippen MR) is 76.1 cm³/mol. The number of nitrogens with zero attached hydrogens (tertiary/aromatic N) is 1. The molecular formula is C16H22F3N. The number of anilines is 1. The summed E-state index contributed by atoms with van der Waals surface area (Å²) in [5.41, 5.74) is 0.601. The Morgan fingerprint density at radius 1 is 1.15 bits per heavy atom. The predicted octanol–water partition coefficient (Wildman–Crippen LogP) is 5.07. The van der Waals surface area contributed by atoms with Crippen molar-refractivity contribution in [3.63, 3.8) is 0 Å². The molecule has 0 spiro atoms. The van der Waals surface area contributed by atoms with Crippen LogP contribution in [-0.2, 0) is 6.18 Å². The van der Waals surface area contributed by atoms with Crippen molar-refractivity contribution in [1.29, 1.82) is 0 Å². The van der Waals surface area contributed by atoms with E-state index in [0.717, 1.165) is 25.9 Å². The van der Waals surface area contributed by atoms with Crippen LogP contribution in [0, 0.1) is 5.92 Å². The maximum absolute atomic E-state index is 13.2. The van der Waals surface area contributed by atoms with E-state index in [1.165, 1.54) is 6.07 Å². The molecule has 0 N–H and O–H groups in total. The normalized spacial score (nSPS) is 17.9. The Labute approximate surface area is 118 Å². The molecule has 1 saturated heterocycles. The molecule has 2 rings (SSSR count). The number of piperidine rings is 1. The van der Waals surface area contributed by atoms with Gasteiger partial charge in [0.05, 0.1) is 5.56 Å². The SMILES string of the molecule is CC1CCN(c2ccc(C(C)C)c(C(F)(F)F)c2)CC1. The molecule has 0 unspecified atom stereocenters. The summed E-state index contributed by atoms with van der Waals surface area (Å²) >= 11 is 0. The molecule has 1 nitrogen and oxygen atoms in total. The molecule has 20 heavy (non-hydrogen) atoms. The Morgan fingerprint density at radius 3 is 2.25 bits per heavy atom. The molecular weight excluding hydrogens is 263 g/mol. The van der Waals surface area contributed by atoms with Crippen molar-refractivity contribution in [1.82, 2.24) is 0 Å². The van der Waals surface area contributed by atoms with Crippen LogP contribution >= 0.6 is 0 Å². The van der Waals surface area contributed by atoms with Gasteiger partial charge in [-0.05, 0) is 42.4 Å². The standard InChI is InChI=1S/C16H22F3N/c1-11(2)14-5-4-13(10-15(14)16(17,18)19)20-8-6-12(3)7-9-20/h4-5,10-12H,6-9H2,1-3H3. The molecule has 0 radical (unpaired) electrons. The molecule has 4 heteroatoms. The van der Waals surface area contributed by atoms with Gasteiger partial charge in [-0.15, -0.1) is 0 Å². The first-order valence-electron chi connectivity index (χ1n) is 7.25. The molecule has 0 atom stereocenters. The molecule has 1 aliphatic heterocycles. The highest BCUT2D eigenvalue weighted by Crippen LogP contribution is 2.38. The molecule has 1 aliphatic rings. The van der Waals surface area contributed by atoms with Gasteiger partial charge in [0, 0.05) is 18.8 Å². The molecule has 0 aromatic heterocycles. The Kier molecular flexibility index (Phi) is 4.31. The quantitative estimate of drug-likeness (QED) is 0.733. The lowest BCUT2D eigenvalue weighted by atomic mass is 9.94. The molecule has 1 heterocycles. The molecule has 0 bridgehead atoms. The summed E-state index contributed by atoms with van der Waals surface area (Å²) in [4.78, 5) is 2.07. The summed E-state index contributed by atoms with van der Waals surface area (Å²) in [5.74, 6) is 0.547. The van der Waals surface area contributed by atoms with Crippen LogP contribution in [0.25, 0.3) is 0 Å². The Balaban J connectivity index is 2.32. The van der Waals surface area contributed by atoms with Crippen LogP contribution in [0.15, 0.2) is 18.2 Å². The summed E-state index contributed by atoms with van der Waals surface area (Å²) in [5, 5.41) is 0. The summed E-state index contributed by atoms with van der Waals surface area (Å²) < 4.78 is 39.6. The number of hydrogen-bond donors (Lipinski definition) is 0. The van der Waals surface area contributed by atoms with Crippen molar-refractivity contribution in [3.05, 3.63) is 29.3 Å². The summed E-state index contributed by atoms with van der Waals surface area (Å²) in [6, 6.07) is 4.80. The summed E-state index contributed by atoms with van der Waals surface area (Å²) in [7, 11) is 0. The third kappa shape index (κ3) is 3.28. The average Bonchev–Trinajstić information content (AvgIpc) is 2.38. The van der Waals surface area contributed by atoms with Crippen molar-refractivity contribution in [2.24, 2.45) is 5.92 Å². The van der Waals surface area contributed by atoms with Crippen LogP contribution in [0.5, 0.6) is 0 Å². The number of rotatable bonds is 2. The summed E-state index contributed by atoms with van der Waals surface area (Å²) in [6.07, 6.45) is -2.18. The van der Waals surface area contributed by atoms with E-state index in [0.29, 0.717) is 17.2 Å². The van der Waals surface area contributed by atoms with Crippen LogP contribution in [0.2, 0.25) is 0 Å². The van der Waals surface area contributed by atoms with Gasteiger partial charge in [0.15, 0.2) is 0 Å². The van der Waals surface area contributed by atoms with Gasteiger partial charge >= 0.3 is 6.18 Å². The zero-order valence-corrected chi connectivity index (χ0v) is 12.3. The molecule has 0 aliphatic carbocycles. The Morgan fingerprint density at radius 2 is 1.75 bits per heavy atom. The lowest BCUT2D eigenvalue weighted by molar-refractivity contribution is -0.138. The Bertz CT molecular complexity index is 457. The lowest BCUT2D eigenvalue weighted by Gasteiger charge is -2.33. The third-order valence-electron chi connectivity index (χ3n) is 4.11. The fourth-order valence-electron chi connectivity index (χ4n) is 2.76. The van der Waals surface area contributed by atoms with Crippen molar-refractivity contribution in [2.75, 3.05) is 18.0 Å². The minimum Gasteiger partial charge on any atom is -0.372 e. The first kappa shape index (κ1) is 15.2.